The van der Waals surface area contributed by atoms with E-state index in [-0.39, 0.29) is 12.5 Å². The van der Waals surface area contributed by atoms with Crippen molar-refractivity contribution in [3.8, 4) is 5.75 Å². The van der Waals surface area contributed by atoms with Gasteiger partial charge in [-0.3, -0.25) is 4.79 Å². The van der Waals surface area contributed by atoms with Gasteiger partial charge in [-0.1, -0.05) is 12.1 Å². The summed E-state index contributed by atoms with van der Waals surface area (Å²) in [7, 11) is 1.59. The molecule has 2 amide bonds. The molecule has 1 rings (SSSR count). The first-order valence-electron chi connectivity index (χ1n) is 6.68. The number of carboxylic acid groups (broad SMARTS) is 1. The second-order valence-electron chi connectivity index (χ2n) is 5.55. The molecule has 0 saturated carbocycles. The highest BCUT2D eigenvalue weighted by molar-refractivity contribution is 5.77. The standard InChI is InChI=1S/C15H22N2O4/c1-10(11-5-7-12(21-4)8-6-11)16-14(20)17-15(2,3)9-13(18)19/h5-8,10H,9H2,1-4H3,(H,18,19)(H2,16,17,20). The van der Waals surface area contributed by atoms with Crippen LogP contribution < -0.4 is 15.4 Å². The summed E-state index contributed by atoms with van der Waals surface area (Å²) in [6.45, 7) is 5.18. The number of carbonyl (C=O) groups excluding carboxylic acids is 1. The monoisotopic (exact) mass is 294 g/mol. The van der Waals surface area contributed by atoms with Gasteiger partial charge in [0.2, 0.25) is 0 Å². The highest BCUT2D eigenvalue weighted by atomic mass is 16.5. The molecule has 0 aliphatic carbocycles. The van der Waals surface area contributed by atoms with Crippen molar-refractivity contribution in [3.05, 3.63) is 29.8 Å². The lowest BCUT2D eigenvalue weighted by molar-refractivity contribution is -0.138. The van der Waals surface area contributed by atoms with E-state index in [1.807, 2.05) is 31.2 Å². The van der Waals surface area contributed by atoms with Crippen molar-refractivity contribution < 1.29 is 19.4 Å². The summed E-state index contributed by atoms with van der Waals surface area (Å²) in [4.78, 5) is 22.6. The number of urea groups is 1. The number of carbonyl (C=O) groups is 2. The van der Waals surface area contributed by atoms with Gasteiger partial charge in [-0.05, 0) is 38.5 Å². The molecule has 1 atom stereocenters. The molecule has 21 heavy (non-hydrogen) atoms. The van der Waals surface area contributed by atoms with E-state index in [0.717, 1.165) is 11.3 Å². The van der Waals surface area contributed by atoms with Crippen molar-refractivity contribution in [2.75, 3.05) is 7.11 Å². The van der Waals surface area contributed by atoms with Gasteiger partial charge in [0.1, 0.15) is 5.75 Å². The van der Waals surface area contributed by atoms with Gasteiger partial charge in [-0.15, -0.1) is 0 Å². The molecule has 1 aromatic rings. The molecule has 116 valence electrons. The summed E-state index contributed by atoms with van der Waals surface area (Å²) in [6.07, 6.45) is -0.142. The zero-order chi connectivity index (χ0) is 16.0. The first-order chi connectivity index (χ1) is 9.73. The Morgan fingerprint density at radius 1 is 1.29 bits per heavy atom. The Kier molecular flexibility index (Phi) is 5.58. The molecule has 1 unspecified atom stereocenters. The van der Waals surface area contributed by atoms with Gasteiger partial charge in [0.15, 0.2) is 0 Å². The van der Waals surface area contributed by atoms with Gasteiger partial charge >= 0.3 is 12.0 Å². The van der Waals surface area contributed by atoms with Crippen LogP contribution in [0.15, 0.2) is 24.3 Å². The fourth-order valence-electron chi connectivity index (χ4n) is 1.94. The molecular formula is C15H22N2O4. The van der Waals surface area contributed by atoms with Crippen molar-refractivity contribution in [2.24, 2.45) is 0 Å². The summed E-state index contributed by atoms with van der Waals surface area (Å²) in [6, 6.07) is 6.78. The fraction of sp³-hybridized carbons (Fsp3) is 0.467. The average molecular weight is 294 g/mol. The Balaban J connectivity index is 2.58. The van der Waals surface area contributed by atoms with E-state index in [1.165, 1.54) is 0 Å². The van der Waals surface area contributed by atoms with Crippen LogP contribution >= 0.6 is 0 Å². The molecule has 0 aliphatic rings. The lowest BCUT2D eigenvalue weighted by atomic mass is 10.0. The van der Waals surface area contributed by atoms with Crippen LogP contribution in [-0.4, -0.2) is 29.8 Å². The summed E-state index contributed by atoms with van der Waals surface area (Å²) in [5.41, 5.74) is 0.122. The SMILES string of the molecule is COc1ccc(C(C)NC(=O)NC(C)(C)CC(=O)O)cc1. The predicted molar refractivity (Wildman–Crippen MR) is 79.4 cm³/mol. The molecule has 0 fully saturated rings. The number of ether oxygens (including phenoxy) is 1. The third-order valence-corrected chi connectivity index (χ3v) is 3.01. The number of nitrogens with one attached hydrogen (secondary N) is 2. The number of aliphatic carboxylic acids is 1. The van der Waals surface area contributed by atoms with Crippen LogP contribution in [-0.2, 0) is 4.79 Å². The van der Waals surface area contributed by atoms with Gasteiger partial charge in [-0.2, -0.15) is 0 Å². The molecule has 0 aliphatic heterocycles. The summed E-state index contributed by atoms with van der Waals surface area (Å²) in [5.74, 6) is -0.207. The highest BCUT2D eigenvalue weighted by Crippen LogP contribution is 2.17. The van der Waals surface area contributed by atoms with E-state index in [4.69, 9.17) is 9.84 Å². The minimum absolute atomic E-state index is 0.142. The highest BCUT2D eigenvalue weighted by Gasteiger charge is 2.24. The van der Waals surface area contributed by atoms with Gasteiger partial charge < -0.3 is 20.5 Å². The zero-order valence-corrected chi connectivity index (χ0v) is 12.8. The molecule has 0 bridgehead atoms. The van der Waals surface area contributed by atoms with Crippen molar-refractivity contribution in [1.29, 1.82) is 0 Å². The molecule has 0 radical (unpaired) electrons. The van der Waals surface area contributed by atoms with Crippen LogP contribution in [0.1, 0.15) is 38.8 Å². The summed E-state index contributed by atoms with van der Waals surface area (Å²) < 4.78 is 5.08. The molecule has 0 heterocycles. The lowest BCUT2D eigenvalue weighted by Crippen LogP contribution is -2.49. The van der Waals surface area contributed by atoms with Crippen molar-refractivity contribution in [3.63, 3.8) is 0 Å². The molecule has 6 nitrogen and oxygen atoms in total. The number of amides is 2. The Hall–Kier alpha value is -2.24. The van der Waals surface area contributed by atoms with Crippen LogP contribution in [0.5, 0.6) is 5.75 Å². The number of hydrogen-bond acceptors (Lipinski definition) is 3. The Morgan fingerprint density at radius 2 is 1.86 bits per heavy atom. The van der Waals surface area contributed by atoms with Gasteiger partial charge in [0, 0.05) is 5.54 Å². The minimum atomic E-state index is -0.955. The van der Waals surface area contributed by atoms with Gasteiger partial charge in [0.25, 0.3) is 0 Å². The van der Waals surface area contributed by atoms with E-state index in [0.29, 0.717) is 0 Å². The number of hydrogen-bond donors (Lipinski definition) is 3. The number of rotatable bonds is 6. The number of methoxy groups -OCH3 is 1. The molecule has 0 aromatic heterocycles. The average Bonchev–Trinajstić information content (AvgIpc) is 2.36. The molecule has 3 N–H and O–H groups in total. The first kappa shape index (κ1) is 16.8. The van der Waals surface area contributed by atoms with Crippen LogP contribution in [0.4, 0.5) is 4.79 Å². The van der Waals surface area contributed by atoms with Crippen LogP contribution in [0, 0.1) is 0 Å². The van der Waals surface area contributed by atoms with Crippen LogP contribution in [0.25, 0.3) is 0 Å². The maximum absolute atomic E-state index is 11.9. The second-order valence-corrected chi connectivity index (χ2v) is 5.55. The zero-order valence-electron chi connectivity index (χ0n) is 12.8. The maximum atomic E-state index is 11.9. The number of carboxylic acids is 1. The fourth-order valence-corrected chi connectivity index (χ4v) is 1.94. The third kappa shape index (κ3) is 5.72. The van der Waals surface area contributed by atoms with Crippen molar-refractivity contribution in [1.82, 2.24) is 10.6 Å². The Labute approximate surface area is 124 Å². The largest absolute Gasteiger partial charge is 0.497 e. The normalized spacial score (nSPS) is 12.4. The van der Waals surface area contributed by atoms with Gasteiger partial charge in [-0.25, -0.2) is 4.79 Å². The quantitative estimate of drug-likeness (QED) is 0.751. The lowest BCUT2D eigenvalue weighted by Gasteiger charge is -2.25. The van der Waals surface area contributed by atoms with E-state index in [2.05, 4.69) is 10.6 Å². The van der Waals surface area contributed by atoms with Gasteiger partial charge in [0.05, 0.1) is 19.6 Å². The first-order valence-corrected chi connectivity index (χ1v) is 6.68. The predicted octanol–water partition coefficient (Wildman–Crippen LogP) is 2.31. The topological polar surface area (TPSA) is 87.7 Å². The maximum Gasteiger partial charge on any atom is 0.315 e. The minimum Gasteiger partial charge on any atom is -0.497 e. The number of benzene rings is 1. The van der Waals surface area contributed by atoms with Crippen molar-refractivity contribution in [2.45, 2.75) is 38.8 Å². The van der Waals surface area contributed by atoms with E-state index in [9.17, 15) is 9.59 Å². The molecule has 6 heteroatoms. The summed E-state index contributed by atoms with van der Waals surface area (Å²) in [5, 5.41) is 14.2. The molecule has 0 spiro atoms. The molecular weight excluding hydrogens is 272 g/mol. The Bertz CT molecular complexity index is 497. The van der Waals surface area contributed by atoms with Crippen LogP contribution in [0.2, 0.25) is 0 Å². The summed E-state index contributed by atoms with van der Waals surface area (Å²) >= 11 is 0. The molecule has 1 aromatic carbocycles. The third-order valence-electron chi connectivity index (χ3n) is 3.01. The van der Waals surface area contributed by atoms with Crippen molar-refractivity contribution >= 4 is 12.0 Å². The van der Waals surface area contributed by atoms with E-state index < -0.39 is 17.5 Å². The van der Waals surface area contributed by atoms with Crippen LogP contribution in [0.3, 0.4) is 0 Å². The van der Waals surface area contributed by atoms with E-state index in [1.54, 1.807) is 21.0 Å². The molecule has 0 saturated heterocycles. The smallest absolute Gasteiger partial charge is 0.315 e. The second kappa shape index (κ2) is 6.97. The van der Waals surface area contributed by atoms with E-state index >= 15 is 0 Å². The Morgan fingerprint density at radius 3 is 2.33 bits per heavy atom.